The van der Waals surface area contributed by atoms with Gasteiger partial charge in [-0.2, -0.15) is 0 Å². The van der Waals surface area contributed by atoms with Crippen molar-refractivity contribution in [3.05, 3.63) is 29.3 Å². The van der Waals surface area contributed by atoms with E-state index < -0.39 is 5.60 Å². The fourth-order valence-electron chi connectivity index (χ4n) is 8.30. The monoisotopic (exact) mass is 486 g/mol. The predicted octanol–water partition coefficient (Wildman–Crippen LogP) is 7.02. The fraction of sp³-hybridized carbons (Fsp3) is 0.724. The van der Waals surface area contributed by atoms with E-state index in [9.17, 15) is 9.59 Å². The van der Waals surface area contributed by atoms with Crippen molar-refractivity contribution in [3.63, 3.8) is 0 Å². The number of benzene rings is 1. The largest absolute Gasteiger partial charge is 0.476 e. The first-order valence-corrected chi connectivity index (χ1v) is 13.6. The van der Waals surface area contributed by atoms with E-state index in [1.807, 2.05) is 0 Å². The van der Waals surface area contributed by atoms with E-state index in [4.69, 9.17) is 21.1 Å². The highest BCUT2D eigenvalue weighted by atomic mass is 35.5. The summed E-state index contributed by atoms with van der Waals surface area (Å²) in [7, 11) is 0. The Morgan fingerprint density at radius 3 is 2.41 bits per heavy atom. The summed E-state index contributed by atoms with van der Waals surface area (Å²) in [5.41, 5.74) is -0.734. The Kier molecular flexibility index (Phi) is 6.06. The Bertz CT molecular complexity index is 955. The Labute approximate surface area is 209 Å². The zero-order valence-electron chi connectivity index (χ0n) is 21.1. The van der Waals surface area contributed by atoms with Gasteiger partial charge >= 0.3 is 5.97 Å². The fourth-order valence-corrected chi connectivity index (χ4v) is 8.43. The number of ether oxygens (including phenoxy) is 2. The molecule has 0 bridgehead atoms. The summed E-state index contributed by atoms with van der Waals surface area (Å²) in [6, 6.07) is 7.08. The number of carbonyl (C=O) groups is 2. The highest BCUT2D eigenvalue weighted by Gasteiger charge is 2.61. The average molecular weight is 487 g/mol. The van der Waals surface area contributed by atoms with Crippen LogP contribution < -0.4 is 4.74 Å². The molecule has 0 heterocycles. The minimum absolute atomic E-state index is 0.0286. The van der Waals surface area contributed by atoms with E-state index in [1.165, 1.54) is 19.3 Å². The van der Waals surface area contributed by atoms with Crippen molar-refractivity contribution < 1.29 is 19.1 Å². The molecule has 5 heteroatoms. The van der Waals surface area contributed by atoms with Crippen LogP contribution in [-0.4, -0.2) is 23.5 Å². The van der Waals surface area contributed by atoms with Crippen LogP contribution in [0.5, 0.6) is 5.75 Å². The molecule has 4 nitrogen and oxygen atoms in total. The number of fused-ring (bicyclic) bond motifs is 5. The molecule has 0 aliphatic heterocycles. The Hall–Kier alpha value is -1.55. The van der Waals surface area contributed by atoms with Gasteiger partial charge in [-0.25, -0.2) is 4.79 Å². The normalized spacial score (nSPS) is 39.6. The molecule has 7 unspecified atom stereocenters. The lowest BCUT2D eigenvalue weighted by Crippen LogP contribution is -2.54. The Morgan fingerprint density at radius 1 is 0.971 bits per heavy atom. The maximum absolute atomic E-state index is 13.3. The first kappa shape index (κ1) is 24.2. The van der Waals surface area contributed by atoms with Crippen molar-refractivity contribution in [2.24, 2.45) is 34.5 Å². The quantitative estimate of drug-likeness (QED) is 0.429. The summed E-state index contributed by atoms with van der Waals surface area (Å²) in [6.07, 6.45) is 9.34. The lowest BCUT2D eigenvalue weighted by Gasteiger charge is -2.60. The van der Waals surface area contributed by atoms with Gasteiger partial charge in [0.15, 0.2) is 5.60 Å². The van der Waals surface area contributed by atoms with Gasteiger partial charge in [0, 0.05) is 23.3 Å². The van der Waals surface area contributed by atoms with E-state index >= 15 is 0 Å². The molecule has 4 aliphatic rings. The van der Waals surface area contributed by atoms with E-state index in [-0.39, 0.29) is 17.5 Å². The number of esters is 1. The SMILES string of the molecule is CC(C)(Oc1ccc(Cl)cc1)C(=O)OC1CCC2C3CCC4CC(=O)CCC4(C)C3CCC12C. The molecular weight excluding hydrogens is 448 g/mol. The lowest BCUT2D eigenvalue weighted by molar-refractivity contribution is -0.177. The number of rotatable bonds is 4. The summed E-state index contributed by atoms with van der Waals surface area (Å²) < 4.78 is 12.2. The van der Waals surface area contributed by atoms with Crippen LogP contribution in [-0.2, 0) is 14.3 Å². The molecular formula is C29H39ClO4. The van der Waals surface area contributed by atoms with Crippen LogP contribution in [0.25, 0.3) is 0 Å². The number of ketones is 1. The second-order valence-corrected chi connectivity index (χ2v) is 12.9. The van der Waals surface area contributed by atoms with Gasteiger partial charge in [0.05, 0.1) is 0 Å². The predicted molar refractivity (Wildman–Crippen MR) is 133 cm³/mol. The van der Waals surface area contributed by atoms with E-state index in [2.05, 4.69) is 13.8 Å². The highest BCUT2D eigenvalue weighted by Crippen LogP contribution is 2.66. The third-order valence-corrected chi connectivity index (χ3v) is 10.6. The molecule has 4 fully saturated rings. The molecule has 1 aromatic carbocycles. The molecule has 186 valence electrons. The molecule has 34 heavy (non-hydrogen) atoms. The number of Topliss-reactive ketones (excluding diaryl/α,β-unsaturated/α-hetero) is 1. The third-order valence-electron chi connectivity index (χ3n) is 10.3. The molecule has 0 radical (unpaired) electrons. The zero-order chi connectivity index (χ0) is 24.3. The summed E-state index contributed by atoms with van der Waals surface area (Å²) >= 11 is 5.98. The van der Waals surface area contributed by atoms with E-state index in [0.29, 0.717) is 45.6 Å². The second-order valence-electron chi connectivity index (χ2n) is 12.5. The van der Waals surface area contributed by atoms with Gasteiger partial charge < -0.3 is 9.47 Å². The van der Waals surface area contributed by atoms with Crippen molar-refractivity contribution >= 4 is 23.4 Å². The number of hydrogen-bond donors (Lipinski definition) is 0. The summed E-state index contributed by atoms with van der Waals surface area (Å²) in [4.78, 5) is 25.4. The van der Waals surface area contributed by atoms with Crippen LogP contribution in [0.4, 0.5) is 0 Å². The van der Waals surface area contributed by atoms with E-state index in [0.717, 1.165) is 38.5 Å². The molecule has 0 aromatic heterocycles. The Morgan fingerprint density at radius 2 is 1.68 bits per heavy atom. The minimum Gasteiger partial charge on any atom is -0.476 e. The van der Waals surface area contributed by atoms with Gasteiger partial charge in [-0.1, -0.05) is 25.4 Å². The molecule has 0 saturated heterocycles. The molecule has 4 saturated carbocycles. The Balaban J connectivity index is 1.28. The number of hydrogen-bond acceptors (Lipinski definition) is 4. The number of halogens is 1. The summed E-state index contributed by atoms with van der Waals surface area (Å²) in [6.45, 7) is 8.40. The molecule has 0 amide bonds. The van der Waals surface area contributed by atoms with Gasteiger partial charge in [0.2, 0.25) is 0 Å². The average Bonchev–Trinajstić information content (AvgIpc) is 3.12. The molecule has 7 atom stereocenters. The first-order valence-electron chi connectivity index (χ1n) is 13.2. The maximum atomic E-state index is 13.3. The minimum atomic E-state index is -1.07. The van der Waals surface area contributed by atoms with E-state index in [1.54, 1.807) is 38.1 Å². The van der Waals surface area contributed by atoms with Gasteiger partial charge in [0.25, 0.3) is 0 Å². The topological polar surface area (TPSA) is 52.6 Å². The van der Waals surface area contributed by atoms with Crippen molar-refractivity contribution in [1.82, 2.24) is 0 Å². The smallest absolute Gasteiger partial charge is 0.350 e. The lowest BCUT2D eigenvalue weighted by atomic mass is 9.45. The van der Waals surface area contributed by atoms with Crippen molar-refractivity contribution in [2.45, 2.75) is 97.2 Å². The van der Waals surface area contributed by atoms with Crippen LogP contribution in [0.15, 0.2) is 24.3 Å². The zero-order valence-corrected chi connectivity index (χ0v) is 21.8. The van der Waals surface area contributed by atoms with Crippen LogP contribution in [0.2, 0.25) is 5.02 Å². The maximum Gasteiger partial charge on any atom is 0.350 e. The summed E-state index contributed by atoms with van der Waals surface area (Å²) in [5, 5.41) is 0.635. The van der Waals surface area contributed by atoms with Crippen LogP contribution in [0.3, 0.4) is 0 Å². The van der Waals surface area contributed by atoms with Gasteiger partial charge in [-0.15, -0.1) is 0 Å². The highest BCUT2D eigenvalue weighted by molar-refractivity contribution is 6.30. The van der Waals surface area contributed by atoms with Crippen LogP contribution >= 0.6 is 11.6 Å². The van der Waals surface area contributed by atoms with Crippen LogP contribution in [0, 0.1) is 34.5 Å². The van der Waals surface area contributed by atoms with Gasteiger partial charge in [0.1, 0.15) is 17.6 Å². The molecule has 4 aliphatic carbocycles. The van der Waals surface area contributed by atoms with Crippen molar-refractivity contribution in [1.29, 1.82) is 0 Å². The van der Waals surface area contributed by atoms with Crippen molar-refractivity contribution in [2.75, 3.05) is 0 Å². The summed E-state index contributed by atoms with van der Waals surface area (Å²) in [5.74, 6) is 3.35. The first-order chi connectivity index (χ1) is 16.0. The molecule has 1 aromatic rings. The third kappa shape index (κ3) is 3.98. The molecule has 0 spiro atoms. The molecule has 0 N–H and O–H groups in total. The van der Waals surface area contributed by atoms with Crippen LogP contribution in [0.1, 0.15) is 85.5 Å². The standard InChI is InChI=1S/C29H39ClO4/c1-27(2,34-21-8-6-19(30)7-9-21)26(32)33-25-12-11-23-22-10-5-18-17-20(31)13-15-28(18,3)24(22)14-16-29(23,25)4/h6-9,18,22-25H,5,10-17H2,1-4H3. The second kappa shape index (κ2) is 8.54. The van der Waals surface area contributed by atoms with Gasteiger partial charge in [-0.3, -0.25) is 4.79 Å². The van der Waals surface area contributed by atoms with Gasteiger partial charge in [-0.05, 0) is 112 Å². The molecule has 5 rings (SSSR count). The van der Waals surface area contributed by atoms with Crippen molar-refractivity contribution in [3.8, 4) is 5.75 Å². The number of carbonyl (C=O) groups excluding carboxylic acids is 2.